The molecule has 164 valence electrons. The van der Waals surface area contributed by atoms with Crippen LogP contribution in [0.1, 0.15) is 17.0 Å². The normalized spacial score (nSPS) is 11.2. The van der Waals surface area contributed by atoms with Crippen LogP contribution in [-0.2, 0) is 5.75 Å². The molecule has 0 aliphatic heterocycles. The lowest BCUT2D eigenvalue weighted by Crippen LogP contribution is -2.22. The van der Waals surface area contributed by atoms with E-state index in [2.05, 4.69) is 10.2 Å². The Hall–Kier alpha value is -3.42. The van der Waals surface area contributed by atoms with Crippen molar-refractivity contribution in [2.75, 3.05) is 0 Å². The largest absolute Gasteiger partial charge is 0.420 e. The Bertz CT molecular complexity index is 1540. The molecule has 0 amide bonds. The fraction of sp³-hybridized carbons (Fsp3) is 0.120. The topological polar surface area (TPSA) is 73.8 Å². The third-order valence-electron chi connectivity index (χ3n) is 5.46. The van der Waals surface area contributed by atoms with Gasteiger partial charge in [0.05, 0.1) is 32.9 Å². The lowest BCUT2D eigenvalue weighted by Gasteiger charge is -2.16. The molecular formula is C25H19ClN4O2S. The number of rotatable bonds is 5. The molecule has 2 heterocycles. The summed E-state index contributed by atoms with van der Waals surface area (Å²) in [7, 11) is 0. The van der Waals surface area contributed by atoms with Crippen molar-refractivity contribution >= 4 is 34.3 Å². The van der Waals surface area contributed by atoms with Crippen LogP contribution in [0.4, 0.5) is 0 Å². The Labute approximate surface area is 199 Å². The first-order valence-electron chi connectivity index (χ1n) is 10.3. The summed E-state index contributed by atoms with van der Waals surface area (Å²) in [6.45, 7) is 4.04. The second-order valence-corrected chi connectivity index (χ2v) is 8.89. The van der Waals surface area contributed by atoms with Gasteiger partial charge in [0.25, 0.3) is 5.56 Å². The van der Waals surface area contributed by atoms with E-state index in [1.807, 2.05) is 68.4 Å². The molecule has 0 saturated heterocycles. The van der Waals surface area contributed by atoms with E-state index < -0.39 is 0 Å². The van der Waals surface area contributed by atoms with Crippen molar-refractivity contribution in [3.63, 3.8) is 0 Å². The maximum atomic E-state index is 13.5. The highest BCUT2D eigenvalue weighted by Gasteiger charge is 2.17. The number of hydrogen-bond donors (Lipinski definition) is 0. The van der Waals surface area contributed by atoms with Crippen LogP contribution in [-0.4, -0.2) is 19.7 Å². The Morgan fingerprint density at radius 1 is 0.970 bits per heavy atom. The van der Waals surface area contributed by atoms with E-state index in [0.717, 1.165) is 16.8 Å². The minimum absolute atomic E-state index is 0.112. The van der Waals surface area contributed by atoms with Crippen molar-refractivity contribution < 1.29 is 4.42 Å². The number of hydrogen-bond acceptors (Lipinski definition) is 6. The van der Waals surface area contributed by atoms with Crippen LogP contribution in [0.25, 0.3) is 28.0 Å². The van der Waals surface area contributed by atoms with E-state index in [9.17, 15) is 4.79 Å². The summed E-state index contributed by atoms with van der Waals surface area (Å²) >= 11 is 7.62. The second kappa shape index (κ2) is 8.84. The highest BCUT2D eigenvalue weighted by molar-refractivity contribution is 7.98. The number of fused-ring (bicyclic) bond motifs is 1. The van der Waals surface area contributed by atoms with E-state index in [4.69, 9.17) is 21.0 Å². The van der Waals surface area contributed by atoms with E-state index >= 15 is 0 Å². The SMILES string of the molecule is Cc1cccc(-n2c(SCc3nnc(-c4ccccc4Cl)o3)nc3ccccc3c2=O)c1C. The van der Waals surface area contributed by atoms with Gasteiger partial charge in [-0.3, -0.25) is 9.36 Å². The molecule has 0 bridgehead atoms. The van der Waals surface area contributed by atoms with Crippen molar-refractivity contribution in [1.82, 2.24) is 19.7 Å². The van der Waals surface area contributed by atoms with Gasteiger partial charge in [0.1, 0.15) is 0 Å². The molecule has 0 spiro atoms. The van der Waals surface area contributed by atoms with Crippen LogP contribution in [0, 0.1) is 13.8 Å². The number of aromatic nitrogens is 4. The fourth-order valence-electron chi connectivity index (χ4n) is 3.58. The molecule has 0 aliphatic rings. The van der Waals surface area contributed by atoms with Gasteiger partial charge >= 0.3 is 0 Å². The first kappa shape index (κ1) is 21.4. The van der Waals surface area contributed by atoms with Gasteiger partial charge in [0, 0.05) is 0 Å². The molecule has 5 rings (SSSR count). The second-order valence-electron chi connectivity index (χ2n) is 7.54. The zero-order chi connectivity index (χ0) is 22.9. The zero-order valence-corrected chi connectivity index (χ0v) is 19.5. The minimum atomic E-state index is -0.112. The predicted octanol–water partition coefficient (Wildman–Crippen LogP) is 6.00. The minimum Gasteiger partial charge on any atom is -0.420 e. The molecule has 8 heteroatoms. The predicted molar refractivity (Wildman–Crippen MR) is 131 cm³/mol. The number of benzene rings is 3. The molecule has 0 saturated carbocycles. The lowest BCUT2D eigenvalue weighted by atomic mass is 10.1. The van der Waals surface area contributed by atoms with Gasteiger partial charge in [-0.2, -0.15) is 0 Å². The monoisotopic (exact) mass is 474 g/mol. The molecule has 0 fully saturated rings. The Balaban J connectivity index is 1.55. The summed E-state index contributed by atoms with van der Waals surface area (Å²) in [5.41, 5.74) is 4.15. The molecule has 2 aromatic heterocycles. The first-order valence-corrected chi connectivity index (χ1v) is 11.7. The summed E-state index contributed by atoms with van der Waals surface area (Å²) in [6, 6.07) is 20.6. The van der Waals surface area contributed by atoms with Crippen LogP contribution in [0.5, 0.6) is 0 Å². The zero-order valence-electron chi connectivity index (χ0n) is 17.9. The summed E-state index contributed by atoms with van der Waals surface area (Å²) in [6.07, 6.45) is 0. The highest BCUT2D eigenvalue weighted by Crippen LogP contribution is 2.29. The molecule has 5 aromatic rings. The van der Waals surface area contributed by atoms with Crippen LogP contribution in [0.3, 0.4) is 0 Å². The fourth-order valence-corrected chi connectivity index (χ4v) is 4.64. The average molecular weight is 475 g/mol. The van der Waals surface area contributed by atoms with Crippen molar-refractivity contribution in [2.45, 2.75) is 24.8 Å². The van der Waals surface area contributed by atoms with Gasteiger partial charge in [0.15, 0.2) is 5.16 Å². The van der Waals surface area contributed by atoms with Crippen molar-refractivity contribution in [2.24, 2.45) is 0 Å². The Morgan fingerprint density at radius 3 is 2.61 bits per heavy atom. The average Bonchev–Trinajstić information content (AvgIpc) is 3.29. The Kier molecular flexibility index (Phi) is 5.74. The van der Waals surface area contributed by atoms with Crippen LogP contribution in [0.2, 0.25) is 5.02 Å². The van der Waals surface area contributed by atoms with Gasteiger partial charge in [0.2, 0.25) is 11.8 Å². The van der Waals surface area contributed by atoms with Gasteiger partial charge < -0.3 is 4.42 Å². The first-order chi connectivity index (χ1) is 16.0. The third kappa shape index (κ3) is 4.05. The van der Waals surface area contributed by atoms with Crippen LogP contribution >= 0.6 is 23.4 Å². The van der Waals surface area contributed by atoms with Crippen molar-refractivity contribution in [1.29, 1.82) is 0 Å². The summed E-state index contributed by atoms with van der Waals surface area (Å²) in [5, 5.41) is 9.96. The van der Waals surface area contributed by atoms with Crippen LogP contribution in [0.15, 0.2) is 81.1 Å². The maximum Gasteiger partial charge on any atom is 0.266 e. The van der Waals surface area contributed by atoms with E-state index in [0.29, 0.717) is 44.2 Å². The summed E-state index contributed by atoms with van der Waals surface area (Å²) in [4.78, 5) is 18.3. The molecule has 33 heavy (non-hydrogen) atoms. The molecule has 0 radical (unpaired) electrons. The van der Waals surface area contributed by atoms with Crippen molar-refractivity contribution in [3.8, 4) is 17.1 Å². The number of halogens is 1. The molecule has 0 unspecified atom stereocenters. The third-order valence-corrected chi connectivity index (χ3v) is 6.71. The van der Waals surface area contributed by atoms with Crippen LogP contribution < -0.4 is 5.56 Å². The molecule has 0 atom stereocenters. The number of nitrogens with zero attached hydrogens (tertiary/aromatic N) is 4. The van der Waals surface area contributed by atoms with E-state index in [-0.39, 0.29) is 5.56 Å². The van der Waals surface area contributed by atoms with Gasteiger partial charge in [-0.05, 0) is 55.3 Å². The Morgan fingerprint density at radius 2 is 1.76 bits per heavy atom. The molecule has 3 aromatic carbocycles. The van der Waals surface area contributed by atoms with E-state index in [1.54, 1.807) is 16.7 Å². The van der Waals surface area contributed by atoms with Gasteiger partial charge in [-0.25, -0.2) is 4.98 Å². The van der Waals surface area contributed by atoms with E-state index in [1.165, 1.54) is 11.8 Å². The molecule has 6 nitrogen and oxygen atoms in total. The standard InChI is InChI=1S/C25H19ClN4O2S/c1-15-8-7-13-21(16(15)2)30-24(31)18-10-4-6-12-20(18)27-25(30)33-14-22-28-29-23(32-22)17-9-3-5-11-19(17)26/h3-13H,14H2,1-2H3. The smallest absolute Gasteiger partial charge is 0.266 e. The number of aryl methyl sites for hydroxylation is 1. The van der Waals surface area contributed by atoms with Gasteiger partial charge in [-0.1, -0.05) is 59.8 Å². The molecule has 0 aliphatic carbocycles. The number of para-hydroxylation sites is 1. The lowest BCUT2D eigenvalue weighted by molar-refractivity contribution is 0.528. The quantitative estimate of drug-likeness (QED) is 0.230. The molecular weight excluding hydrogens is 456 g/mol. The summed E-state index contributed by atoms with van der Waals surface area (Å²) < 4.78 is 7.50. The van der Waals surface area contributed by atoms with Crippen molar-refractivity contribution in [3.05, 3.63) is 99.1 Å². The summed E-state index contributed by atoms with van der Waals surface area (Å²) in [5.74, 6) is 1.13. The highest BCUT2D eigenvalue weighted by atomic mass is 35.5. The number of thioether (sulfide) groups is 1. The van der Waals surface area contributed by atoms with Gasteiger partial charge in [-0.15, -0.1) is 10.2 Å². The maximum absolute atomic E-state index is 13.5. The molecule has 0 N–H and O–H groups in total.